The van der Waals surface area contributed by atoms with Crippen LogP contribution in [-0.4, -0.2) is 36.6 Å². The summed E-state index contributed by atoms with van der Waals surface area (Å²) in [7, 11) is 0. The van der Waals surface area contributed by atoms with Crippen molar-refractivity contribution in [1.82, 2.24) is 10.3 Å². The van der Waals surface area contributed by atoms with Gasteiger partial charge >= 0.3 is 0 Å². The number of piperidine rings is 1. The van der Waals surface area contributed by atoms with Crippen LogP contribution in [0, 0.1) is 0 Å². The zero-order valence-corrected chi connectivity index (χ0v) is 9.65. The van der Waals surface area contributed by atoms with Crippen molar-refractivity contribution in [2.24, 2.45) is 0 Å². The van der Waals surface area contributed by atoms with Crippen LogP contribution < -0.4 is 15.5 Å². The van der Waals surface area contributed by atoms with Crippen LogP contribution in [0.4, 0.5) is 11.5 Å². The van der Waals surface area contributed by atoms with Crippen molar-refractivity contribution in [2.45, 2.75) is 18.9 Å². The molecule has 5 heteroatoms. The fraction of sp³-hybridized carbons (Fsp3) is 0.500. The number of amides is 1. The third-order valence-electron chi connectivity index (χ3n) is 3.36. The molecule has 5 nitrogen and oxygen atoms in total. The van der Waals surface area contributed by atoms with E-state index in [0.29, 0.717) is 12.6 Å². The summed E-state index contributed by atoms with van der Waals surface area (Å²) in [5.41, 5.74) is 0.828. The molecule has 2 aliphatic rings. The third-order valence-corrected chi connectivity index (χ3v) is 3.36. The van der Waals surface area contributed by atoms with Gasteiger partial charge in [0.1, 0.15) is 0 Å². The van der Waals surface area contributed by atoms with Crippen molar-refractivity contribution in [2.75, 3.05) is 29.9 Å². The molecule has 1 amide bonds. The first-order chi connectivity index (χ1) is 8.34. The summed E-state index contributed by atoms with van der Waals surface area (Å²) >= 11 is 0. The van der Waals surface area contributed by atoms with E-state index in [1.165, 1.54) is 0 Å². The van der Waals surface area contributed by atoms with Crippen LogP contribution >= 0.6 is 0 Å². The van der Waals surface area contributed by atoms with Crippen molar-refractivity contribution in [3.63, 3.8) is 0 Å². The van der Waals surface area contributed by atoms with E-state index in [1.807, 2.05) is 12.1 Å². The van der Waals surface area contributed by atoms with Gasteiger partial charge in [-0.2, -0.15) is 0 Å². The Morgan fingerprint density at radius 2 is 2.41 bits per heavy atom. The van der Waals surface area contributed by atoms with Gasteiger partial charge < -0.3 is 15.5 Å². The highest BCUT2D eigenvalue weighted by Gasteiger charge is 2.29. The minimum absolute atomic E-state index is 0.0519. The Bertz CT molecular complexity index is 428. The van der Waals surface area contributed by atoms with Crippen LogP contribution in [0.2, 0.25) is 0 Å². The Balaban J connectivity index is 1.91. The lowest BCUT2D eigenvalue weighted by molar-refractivity contribution is -0.115. The summed E-state index contributed by atoms with van der Waals surface area (Å²) in [6, 6.07) is 4.13. The predicted molar refractivity (Wildman–Crippen MR) is 66.1 cm³/mol. The van der Waals surface area contributed by atoms with E-state index in [1.54, 1.807) is 6.20 Å². The van der Waals surface area contributed by atoms with Gasteiger partial charge in [-0.3, -0.25) is 4.79 Å². The highest BCUT2D eigenvalue weighted by molar-refractivity contribution is 6.00. The average molecular weight is 232 g/mol. The Morgan fingerprint density at radius 3 is 3.24 bits per heavy atom. The fourth-order valence-electron chi connectivity index (χ4n) is 2.54. The number of hydrogen-bond acceptors (Lipinski definition) is 4. The van der Waals surface area contributed by atoms with Gasteiger partial charge in [-0.15, -0.1) is 0 Å². The quantitative estimate of drug-likeness (QED) is 0.744. The summed E-state index contributed by atoms with van der Waals surface area (Å²) in [5.74, 6) is 0.955. The minimum Gasteiger partial charge on any atom is -0.341 e. The highest BCUT2D eigenvalue weighted by atomic mass is 16.2. The predicted octanol–water partition coefficient (Wildman–Crippen LogP) is 0.592. The van der Waals surface area contributed by atoms with E-state index in [-0.39, 0.29) is 5.91 Å². The van der Waals surface area contributed by atoms with Crippen LogP contribution in [-0.2, 0) is 4.79 Å². The monoisotopic (exact) mass is 232 g/mol. The standard InChI is InChI=1S/C12H16N4O/c17-11-8-16(9-3-1-5-13-7-9)12-10(15-11)4-2-6-14-12/h2,4,6,9,13H,1,3,5,7-8H2,(H,15,17). The minimum atomic E-state index is 0.0519. The lowest BCUT2D eigenvalue weighted by Crippen LogP contribution is -2.51. The average Bonchev–Trinajstić information content (AvgIpc) is 2.39. The number of anilines is 2. The van der Waals surface area contributed by atoms with Gasteiger partial charge in [0, 0.05) is 18.8 Å². The van der Waals surface area contributed by atoms with Gasteiger partial charge in [0.2, 0.25) is 5.91 Å². The number of fused-ring (bicyclic) bond motifs is 1. The first-order valence-electron chi connectivity index (χ1n) is 6.07. The molecule has 17 heavy (non-hydrogen) atoms. The van der Waals surface area contributed by atoms with Gasteiger partial charge in [0.05, 0.1) is 12.2 Å². The summed E-state index contributed by atoms with van der Waals surface area (Å²) in [6.07, 6.45) is 4.06. The fourth-order valence-corrected chi connectivity index (χ4v) is 2.54. The number of nitrogens with one attached hydrogen (secondary N) is 2. The summed E-state index contributed by atoms with van der Waals surface area (Å²) in [5, 5.41) is 6.24. The van der Waals surface area contributed by atoms with E-state index >= 15 is 0 Å². The molecule has 1 saturated heterocycles. The van der Waals surface area contributed by atoms with Crippen molar-refractivity contribution in [3.8, 4) is 0 Å². The van der Waals surface area contributed by atoms with Gasteiger partial charge in [0.15, 0.2) is 5.82 Å². The molecule has 1 fully saturated rings. The van der Waals surface area contributed by atoms with E-state index in [9.17, 15) is 4.79 Å². The molecule has 3 rings (SSSR count). The van der Waals surface area contributed by atoms with E-state index < -0.39 is 0 Å². The molecule has 0 radical (unpaired) electrons. The maximum absolute atomic E-state index is 11.7. The van der Waals surface area contributed by atoms with Crippen molar-refractivity contribution in [3.05, 3.63) is 18.3 Å². The molecule has 0 spiro atoms. The molecule has 0 saturated carbocycles. The Hall–Kier alpha value is -1.62. The van der Waals surface area contributed by atoms with Gasteiger partial charge in [-0.25, -0.2) is 4.98 Å². The Kier molecular flexibility index (Phi) is 2.68. The number of pyridine rings is 1. The van der Waals surface area contributed by atoms with Gasteiger partial charge in [-0.05, 0) is 31.5 Å². The molecule has 1 unspecified atom stereocenters. The zero-order valence-electron chi connectivity index (χ0n) is 9.65. The number of aromatic nitrogens is 1. The summed E-state index contributed by atoms with van der Waals surface area (Å²) in [4.78, 5) is 18.2. The molecular weight excluding hydrogens is 216 g/mol. The van der Waals surface area contributed by atoms with Crippen molar-refractivity contribution in [1.29, 1.82) is 0 Å². The SMILES string of the molecule is O=C1CN(C2CCCNC2)c2ncccc2N1. The topological polar surface area (TPSA) is 57.3 Å². The van der Waals surface area contributed by atoms with Crippen LogP contribution in [0.1, 0.15) is 12.8 Å². The molecule has 3 heterocycles. The molecule has 0 aromatic carbocycles. The largest absolute Gasteiger partial charge is 0.341 e. The molecule has 1 aromatic heterocycles. The number of nitrogens with zero attached hydrogens (tertiary/aromatic N) is 2. The van der Waals surface area contributed by atoms with Gasteiger partial charge in [-0.1, -0.05) is 0 Å². The molecule has 0 bridgehead atoms. The van der Waals surface area contributed by atoms with Gasteiger partial charge in [0.25, 0.3) is 0 Å². The summed E-state index contributed by atoms with van der Waals surface area (Å²) < 4.78 is 0. The zero-order chi connectivity index (χ0) is 11.7. The van der Waals surface area contributed by atoms with Crippen LogP contribution in [0.15, 0.2) is 18.3 Å². The second-order valence-corrected chi connectivity index (χ2v) is 4.55. The Labute approximate surface area is 100 Å². The van der Waals surface area contributed by atoms with E-state index in [4.69, 9.17) is 0 Å². The number of rotatable bonds is 1. The number of carbonyl (C=O) groups excluding carboxylic acids is 1. The van der Waals surface area contributed by atoms with Crippen molar-refractivity contribution >= 4 is 17.4 Å². The maximum atomic E-state index is 11.7. The molecular formula is C12H16N4O. The highest BCUT2D eigenvalue weighted by Crippen LogP contribution is 2.29. The molecule has 1 atom stereocenters. The van der Waals surface area contributed by atoms with Crippen molar-refractivity contribution < 1.29 is 4.79 Å². The maximum Gasteiger partial charge on any atom is 0.244 e. The lowest BCUT2D eigenvalue weighted by Gasteiger charge is -2.38. The molecule has 90 valence electrons. The van der Waals surface area contributed by atoms with Crippen LogP contribution in [0.25, 0.3) is 0 Å². The number of hydrogen-bond donors (Lipinski definition) is 2. The van der Waals surface area contributed by atoms with Crippen LogP contribution in [0.5, 0.6) is 0 Å². The molecule has 2 aliphatic heterocycles. The number of carbonyl (C=O) groups is 1. The second kappa shape index (κ2) is 4.33. The normalized spacial score (nSPS) is 24.1. The first kappa shape index (κ1) is 10.5. The van der Waals surface area contributed by atoms with E-state index in [2.05, 4.69) is 20.5 Å². The molecule has 0 aliphatic carbocycles. The molecule has 1 aromatic rings. The second-order valence-electron chi connectivity index (χ2n) is 4.55. The Morgan fingerprint density at radius 1 is 1.47 bits per heavy atom. The molecule has 2 N–H and O–H groups in total. The smallest absolute Gasteiger partial charge is 0.244 e. The first-order valence-corrected chi connectivity index (χ1v) is 6.07. The summed E-state index contributed by atoms with van der Waals surface area (Å²) in [6.45, 7) is 2.42. The van der Waals surface area contributed by atoms with E-state index in [0.717, 1.165) is 37.4 Å². The lowest BCUT2D eigenvalue weighted by atomic mass is 10.0. The third kappa shape index (κ3) is 1.98. The van der Waals surface area contributed by atoms with Crippen LogP contribution in [0.3, 0.4) is 0 Å².